The van der Waals surface area contributed by atoms with Crippen molar-refractivity contribution >= 4 is 39.7 Å². The van der Waals surface area contributed by atoms with Crippen LogP contribution < -0.4 is 5.32 Å². The number of rotatable bonds is 6. The van der Waals surface area contributed by atoms with Crippen molar-refractivity contribution in [1.29, 1.82) is 0 Å². The molecule has 0 radical (unpaired) electrons. The number of alkyl carbamates (subject to hydrolysis) is 1. The van der Waals surface area contributed by atoms with E-state index in [2.05, 4.69) is 21.2 Å². The zero-order valence-corrected chi connectivity index (χ0v) is 14.8. The Labute approximate surface area is 149 Å². The molecule has 0 saturated heterocycles. The van der Waals surface area contributed by atoms with Crippen LogP contribution in [-0.4, -0.2) is 12.6 Å². The highest BCUT2D eigenvalue weighted by Crippen LogP contribution is 2.23. The van der Waals surface area contributed by atoms with Gasteiger partial charge in [-0.15, -0.1) is 0 Å². The quantitative estimate of drug-likeness (QED) is 0.663. The third kappa shape index (κ3) is 6.47. The van der Waals surface area contributed by atoms with Crippen LogP contribution in [0.2, 0.25) is 5.02 Å². The molecule has 0 atom stereocenters. The molecule has 3 nitrogen and oxygen atoms in total. The van der Waals surface area contributed by atoms with Gasteiger partial charge in [0.15, 0.2) is 0 Å². The van der Waals surface area contributed by atoms with Gasteiger partial charge in [0.2, 0.25) is 0 Å². The number of hydrogen-bond donors (Lipinski definition) is 1. The Hall–Kier alpha value is -1.78. The molecule has 120 valence electrons. The van der Waals surface area contributed by atoms with Crippen LogP contribution in [0.3, 0.4) is 0 Å². The molecular weight excluding hydrogens is 378 g/mol. The zero-order valence-electron chi connectivity index (χ0n) is 12.5. The lowest BCUT2D eigenvalue weighted by molar-refractivity contribution is 0.140. The van der Waals surface area contributed by atoms with Crippen LogP contribution in [-0.2, 0) is 11.3 Å². The summed E-state index contributed by atoms with van der Waals surface area (Å²) in [4.78, 5) is 11.6. The molecule has 2 aromatic carbocycles. The number of amides is 1. The van der Waals surface area contributed by atoms with Gasteiger partial charge in [0.25, 0.3) is 0 Å². The van der Waals surface area contributed by atoms with Gasteiger partial charge in [-0.2, -0.15) is 0 Å². The molecule has 0 heterocycles. The smallest absolute Gasteiger partial charge is 0.407 e. The van der Waals surface area contributed by atoms with E-state index >= 15 is 0 Å². The fourth-order valence-electron chi connectivity index (χ4n) is 1.87. The average Bonchev–Trinajstić information content (AvgIpc) is 2.57. The van der Waals surface area contributed by atoms with E-state index in [1.807, 2.05) is 60.7 Å². The first-order valence-electron chi connectivity index (χ1n) is 7.21. The van der Waals surface area contributed by atoms with Gasteiger partial charge in [-0.1, -0.05) is 60.2 Å². The largest absolute Gasteiger partial charge is 0.445 e. The van der Waals surface area contributed by atoms with Crippen LogP contribution in [0.1, 0.15) is 17.5 Å². The summed E-state index contributed by atoms with van der Waals surface area (Å²) < 4.78 is 5.99. The Morgan fingerprint density at radius 2 is 2.00 bits per heavy atom. The normalized spacial score (nSPS) is 10.7. The second kappa shape index (κ2) is 9.38. The Morgan fingerprint density at radius 3 is 2.74 bits per heavy atom. The van der Waals surface area contributed by atoms with Crippen LogP contribution in [0.15, 0.2) is 59.1 Å². The van der Waals surface area contributed by atoms with E-state index in [-0.39, 0.29) is 6.61 Å². The van der Waals surface area contributed by atoms with Crippen LogP contribution in [0.5, 0.6) is 0 Å². The van der Waals surface area contributed by atoms with Gasteiger partial charge < -0.3 is 10.1 Å². The molecule has 0 aromatic heterocycles. The van der Waals surface area contributed by atoms with Gasteiger partial charge in [-0.05, 0) is 45.6 Å². The van der Waals surface area contributed by atoms with Crippen LogP contribution in [0.4, 0.5) is 4.79 Å². The summed E-state index contributed by atoms with van der Waals surface area (Å²) in [7, 11) is 0. The van der Waals surface area contributed by atoms with Crippen molar-refractivity contribution in [2.45, 2.75) is 13.0 Å². The van der Waals surface area contributed by atoms with E-state index in [9.17, 15) is 4.79 Å². The van der Waals surface area contributed by atoms with E-state index in [1.54, 1.807) is 0 Å². The minimum Gasteiger partial charge on any atom is -0.445 e. The first-order valence-corrected chi connectivity index (χ1v) is 8.38. The monoisotopic (exact) mass is 393 g/mol. The minimum absolute atomic E-state index is 0.279. The van der Waals surface area contributed by atoms with Gasteiger partial charge in [-0.3, -0.25) is 0 Å². The van der Waals surface area contributed by atoms with Crippen molar-refractivity contribution in [2.75, 3.05) is 6.54 Å². The number of nitrogens with one attached hydrogen (secondary N) is 1. The first-order chi connectivity index (χ1) is 11.1. The number of carbonyl (C=O) groups is 1. The number of halogens is 2. The molecule has 0 aliphatic heterocycles. The van der Waals surface area contributed by atoms with E-state index in [0.29, 0.717) is 11.6 Å². The molecule has 0 fully saturated rings. The van der Waals surface area contributed by atoms with Crippen molar-refractivity contribution < 1.29 is 9.53 Å². The molecule has 5 heteroatoms. The molecule has 1 amide bonds. The highest BCUT2D eigenvalue weighted by Gasteiger charge is 2.01. The maximum Gasteiger partial charge on any atom is 0.407 e. The molecule has 0 saturated carbocycles. The molecule has 2 rings (SSSR count). The molecule has 2 aromatic rings. The van der Waals surface area contributed by atoms with E-state index < -0.39 is 6.09 Å². The van der Waals surface area contributed by atoms with Crippen molar-refractivity contribution in [3.63, 3.8) is 0 Å². The Kier molecular flexibility index (Phi) is 7.17. The molecule has 23 heavy (non-hydrogen) atoms. The number of ether oxygens (including phenoxy) is 1. The van der Waals surface area contributed by atoms with E-state index in [1.165, 1.54) is 0 Å². The fraction of sp³-hybridized carbons (Fsp3) is 0.167. The van der Waals surface area contributed by atoms with E-state index in [4.69, 9.17) is 16.3 Å². The van der Waals surface area contributed by atoms with Gasteiger partial charge in [-0.25, -0.2) is 4.79 Å². The highest BCUT2D eigenvalue weighted by molar-refractivity contribution is 9.10. The second-order valence-electron chi connectivity index (χ2n) is 4.85. The summed E-state index contributed by atoms with van der Waals surface area (Å²) in [6, 6.07) is 15.3. The van der Waals surface area contributed by atoms with Crippen molar-refractivity contribution in [3.8, 4) is 0 Å². The van der Waals surface area contributed by atoms with E-state index in [0.717, 1.165) is 22.0 Å². The standard InChI is InChI=1S/C18H17BrClNO2/c19-16-12-14(9-10-17(16)20)6-4-5-11-21-18(22)23-13-15-7-2-1-3-8-15/h1-4,6-10,12H,5,11,13H2,(H,21,22). The van der Waals surface area contributed by atoms with Crippen molar-refractivity contribution in [3.05, 3.63) is 75.2 Å². The summed E-state index contributed by atoms with van der Waals surface area (Å²) in [5.41, 5.74) is 2.02. The molecule has 0 aliphatic carbocycles. The van der Waals surface area contributed by atoms with Gasteiger partial charge >= 0.3 is 6.09 Å². The number of carbonyl (C=O) groups excluding carboxylic acids is 1. The predicted octanol–water partition coefficient (Wildman–Crippen LogP) is 5.43. The van der Waals surface area contributed by atoms with Crippen LogP contribution in [0.25, 0.3) is 6.08 Å². The molecular formula is C18H17BrClNO2. The molecule has 0 unspecified atom stereocenters. The first kappa shape index (κ1) is 17.6. The topological polar surface area (TPSA) is 38.3 Å². The maximum atomic E-state index is 11.6. The summed E-state index contributed by atoms with van der Waals surface area (Å²) >= 11 is 9.33. The lowest BCUT2D eigenvalue weighted by atomic mass is 10.2. The maximum absolute atomic E-state index is 11.6. The summed E-state index contributed by atoms with van der Waals surface area (Å²) in [5, 5.41) is 3.40. The molecule has 0 bridgehead atoms. The summed E-state index contributed by atoms with van der Waals surface area (Å²) in [6.45, 7) is 0.806. The van der Waals surface area contributed by atoms with Gasteiger partial charge in [0, 0.05) is 11.0 Å². The second-order valence-corrected chi connectivity index (χ2v) is 6.11. The Bertz CT molecular complexity index is 674. The van der Waals surface area contributed by atoms with Gasteiger partial charge in [0.05, 0.1) is 5.02 Å². The zero-order chi connectivity index (χ0) is 16.5. The highest BCUT2D eigenvalue weighted by atomic mass is 79.9. The predicted molar refractivity (Wildman–Crippen MR) is 97.4 cm³/mol. The SMILES string of the molecule is O=C(NCCC=Cc1ccc(Cl)c(Br)c1)OCc1ccccc1. The third-order valence-electron chi connectivity index (χ3n) is 3.05. The molecule has 1 N–H and O–H groups in total. The molecule has 0 aliphatic rings. The number of hydrogen-bond acceptors (Lipinski definition) is 2. The summed E-state index contributed by atoms with van der Waals surface area (Å²) in [6.07, 6.45) is 4.29. The third-order valence-corrected chi connectivity index (χ3v) is 4.26. The van der Waals surface area contributed by atoms with Crippen molar-refractivity contribution in [2.24, 2.45) is 0 Å². The van der Waals surface area contributed by atoms with Crippen molar-refractivity contribution in [1.82, 2.24) is 5.32 Å². The van der Waals surface area contributed by atoms with Gasteiger partial charge in [0.1, 0.15) is 6.61 Å². The van der Waals surface area contributed by atoms with Crippen LogP contribution >= 0.6 is 27.5 Å². The number of benzene rings is 2. The Morgan fingerprint density at radius 1 is 1.22 bits per heavy atom. The average molecular weight is 395 g/mol. The Balaban J connectivity index is 1.65. The lowest BCUT2D eigenvalue weighted by Crippen LogP contribution is -2.24. The fourth-order valence-corrected chi connectivity index (χ4v) is 2.38. The van der Waals surface area contributed by atoms with Crippen LogP contribution in [0, 0.1) is 0 Å². The summed E-state index contributed by atoms with van der Waals surface area (Å²) in [5.74, 6) is 0. The lowest BCUT2D eigenvalue weighted by Gasteiger charge is -2.05. The molecule has 0 spiro atoms. The minimum atomic E-state index is -0.406.